The SMILES string of the molecule is O=C(COc1ccccc1[N+](=O)[O-])N1c2ccccc2SC[C@H]1c1ccccc1. The van der Waals surface area contributed by atoms with Gasteiger partial charge in [-0.3, -0.25) is 19.8 Å². The summed E-state index contributed by atoms with van der Waals surface area (Å²) in [4.78, 5) is 26.7. The number of rotatable bonds is 5. The molecule has 0 bridgehead atoms. The van der Waals surface area contributed by atoms with Gasteiger partial charge in [-0.15, -0.1) is 11.8 Å². The molecular weight excluding hydrogens is 388 g/mol. The van der Waals surface area contributed by atoms with Crippen LogP contribution < -0.4 is 9.64 Å². The Balaban J connectivity index is 1.63. The summed E-state index contributed by atoms with van der Waals surface area (Å²) >= 11 is 1.71. The number of carbonyl (C=O) groups excluding carboxylic acids is 1. The Morgan fingerprint density at radius 2 is 1.72 bits per heavy atom. The molecule has 0 saturated heterocycles. The molecule has 0 unspecified atom stereocenters. The molecule has 4 rings (SSSR count). The van der Waals surface area contributed by atoms with E-state index in [2.05, 4.69) is 0 Å². The second kappa shape index (κ2) is 8.36. The highest BCUT2D eigenvalue weighted by molar-refractivity contribution is 7.99. The normalized spacial score (nSPS) is 15.4. The molecule has 146 valence electrons. The molecule has 1 amide bonds. The Kier molecular flexibility index (Phi) is 5.48. The van der Waals surface area contributed by atoms with Crippen LogP contribution in [0.4, 0.5) is 11.4 Å². The van der Waals surface area contributed by atoms with Crippen LogP contribution in [-0.4, -0.2) is 23.2 Å². The Hall–Kier alpha value is -3.32. The second-order valence-electron chi connectivity index (χ2n) is 6.48. The highest BCUT2D eigenvalue weighted by Gasteiger charge is 2.33. The van der Waals surface area contributed by atoms with Gasteiger partial charge in [-0.05, 0) is 23.8 Å². The zero-order valence-electron chi connectivity index (χ0n) is 15.4. The molecule has 29 heavy (non-hydrogen) atoms. The number of carbonyl (C=O) groups is 1. The fourth-order valence-electron chi connectivity index (χ4n) is 3.36. The van der Waals surface area contributed by atoms with Crippen LogP contribution in [0.3, 0.4) is 0 Å². The van der Waals surface area contributed by atoms with Gasteiger partial charge in [0.25, 0.3) is 5.91 Å². The number of nitrogens with zero attached hydrogens (tertiary/aromatic N) is 2. The summed E-state index contributed by atoms with van der Waals surface area (Å²) in [5, 5.41) is 11.2. The fraction of sp³-hybridized carbons (Fsp3) is 0.136. The monoisotopic (exact) mass is 406 g/mol. The van der Waals surface area contributed by atoms with Gasteiger partial charge >= 0.3 is 5.69 Å². The molecule has 0 spiro atoms. The number of anilines is 1. The van der Waals surface area contributed by atoms with Crippen molar-refractivity contribution in [1.82, 2.24) is 0 Å². The predicted molar refractivity (Wildman–Crippen MR) is 112 cm³/mol. The molecule has 3 aromatic carbocycles. The van der Waals surface area contributed by atoms with Crippen molar-refractivity contribution in [3.63, 3.8) is 0 Å². The van der Waals surface area contributed by atoms with Crippen LogP contribution in [0.25, 0.3) is 0 Å². The maximum atomic E-state index is 13.2. The zero-order chi connectivity index (χ0) is 20.2. The Morgan fingerprint density at radius 3 is 2.52 bits per heavy atom. The average molecular weight is 406 g/mol. The number of thioether (sulfide) groups is 1. The number of benzene rings is 3. The molecule has 1 heterocycles. The zero-order valence-corrected chi connectivity index (χ0v) is 16.2. The van der Waals surface area contributed by atoms with Gasteiger partial charge in [0, 0.05) is 16.7 Å². The lowest BCUT2D eigenvalue weighted by Gasteiger charge is -2.37. The summed E-state index contributed by atoms with van der Waals surface area (Å²) in [5.74, 6) is 0.560. The number of hydrogen-bond donors (Lipinski definition) is 0. The lowest BCUT2D eigenvalue weighted by atomic mass is 10.1. The summed E-state index contributed by atoms with van der Waals surface area (Å²) in [6.45, 7) is -0.285. The maximum absolute atomic E-state index is 13.2. The van der Waals surface area contributed by atoms with Crippen molar-refractivity contribution < 1.29 is 14.5 Å². The number of amides is 1. The Morgan fingerprint density at radius 1 is 1.03 bits per heavy atom. The molecule has 6 nitrogen and oxygen atoms in total. The molecule has 1 atom stereocenters. The van der Waals surface area contributed by atoms with E-state index in [1.54, 1.807) is 28.8 Å². The third-order valence-electron chi connectivity index (χ3n) is 4.70. The van der Waals surface area contributed by atoms with Crippen molar-refractivity contribution in [2.75, 3.05) is 17.3 Å². The molecule has 0 saturated carbocycles. The number of fused-ring (bicyclic) bond motifs is 1. The van der Waals surface area contributed by atoms with Crippen molar-refractivity contribution in [2.45, 2.75) is 10.9 Å². The number of hydrogen-bond acceptors (Lipinski definition) is 5. The quantitative estimate of drug-likeness (QED) is 0.447. The average Bonchev–Trinajstić information content (AvgIpc) is 2.77. The van der Waals surface area contributed by atoms with Gasteiger partial charge in [0.2, 0.25) is 0 Å². The van der Waals surface area contributed by atoms with Crippen LogP contribution in [0.5, 0.6) is 5.75 Å². The highest BCUT2D eigenvalue weighted by atomic mass is 32.2. The first-order valence-corrected chi connectivity index (χ1v) is 10.1. The molecule has 1 aliphatic heterocycles. The molecule has 3 aromatic rings. The van der Waals surface area contributed by atoms with Gasteiger partial charge in [-0.1, -0.05) is 54.6 Å². The van der Waals surface area contributed by atoms with Gasteiger partial charge < -0.3 is 4.74 Å². The number of nitro benzene ring substituents is 1. The van der Waals surface area contributed by atoms with E-state index in [9.17, 15) is 14.9 Å². The first kappa shape index (κ1) is 19.0. The minimum Gasteiger partial charge on any atom is -0.477 e. The van der Waals surface area contributed by atoms with Crippen molar-refractivity contribution in [2.24, 2.45) is 0 Å². The van der Waals surface area contributed by atoms with E-state index in [1.165, 1.54) is 12.1 Å². The van der Waals surface area contributed by atoms with Crippen LogP contribution in [-0.2, 0) is 4.79 Å². The molecule has 0 N–H and O–H groups in total. The highest BCUT2D eigenvalue weighted by Crippen LogP contribution is 2.43. The van der Waals surface area contributed by atoms with Crippen molar-refractivity contribution >= 4 is 29.0 Å². The van der Waals surface area contributed by atoms with E-state index in [4.69, 9.17) is 4.74 Å². The molecule has 0 radical (unpaired) electrons. The molecule has 7 heteroatoms. The fourth-order valence-corrected chi connectivity index (χ4v) is 4.53. The predicted octanol–water partition coefficient (Wildman–Crippen LogP) is 4.85. The van der Waals surface area contributed by atoms with E-state index in [0.717, 1.165) is 21.9 Å². The Labute approximate surface area is 172 Å². The number of para-hydroxylation sites is 3. The number of ether oxygens (including phenoxy) is 1. The van der Waals surface area contributed by atoms with Gasteiger partial charge in [0.05, 0.1) is 16.7 Å². The topological polar surface area (TPSA) is 72.7 Å². The minimum absolute atomic E-state index is 0.0850. The minimum atomic E-state index is -0.514. The summed E-state index contributed by atoms with van der Waals surface area (Å²) in [6, 6.07) is 23.5. The van der Waals surface area contributed by atoms with E-state index in [0.29, 0.717) is 0 Å². The lowest BCUT2D eigenvalue weighted by molar-refractivity contribution is -0.385. The smallest absolute Gasteiger partial charge is 0.310 e. The molecule has 0 fully saturated rings. The standard InChI is InChI=1S/C22H18N2O4S/c25-22(14-28-20-12-6-4-10-17(20)24(26)27)23-18-11-5-7-13-21(18)29-15-19(23)16-8-2-1-3-9-16/h1-13,19H,14-15H2/t19-/m0/s1. The van der Waals surface area contributed by atoms with E-state index in [-0.39, 0.29) is 30.0 Å². The summed E-state index contributed by atoms with van der Waals surface area (Å²) in [6.07, 6.45) is 0. The third-order valence-corrected chi connectivity index (χ3v) is 5.84. The second-order valence-corrected chi connectivity index (χ2v) is 7.54. The van der Waals surface area contributed by atoms with Crippen LogP contribution in [0.1, 0.15) is 11.6 Å². The summed E-state index contributed by atoms with van der Waals surface area (Å²) in [7, 11) is 0. The van der Waals surface area contributed by atoms with Gasteiger partial charge in [0.15, 0.2) is 12.4 Å². The van der Waals surface area contributed by atoms with Crippen molar-refractivity contribution in [1.29, 1.82) is 0 Å². The molecule has 0 aliphatic carbocycles. The van der Waals surface area contributed by atoms with Crippen LogP contribution in [0.15, 0.2) is 83.8 Å². The summed E-state index contributed by atoms with van der Waals surface area (Å²) in [5.41, 5.74) is 1.71. The Bertz CT molecular complexity index is 1040. The van der Waals surface area contributed by atoms with Crippen LogP contribution in [0.2, 0.25) is 0 Å². The number of nitro groups is 1. The van der Waals surface area contributed by atoms with Crippen LogP contribution >= 0.6 is 11.8 Å². The largest absolute Gasteiger partial charge is 0.477 e. The van der Waals surface area contributed by atoms with E-state index in [1.807, 2.05) is 54.6 Å². The maximum Gasteiger partial charge on any atom is 0.310 e. The van der Waals surface area contributed by atoms with Crippen molar-refractivity contribution in [3.8, 4) is 5.75 Å². The first-order valence-electron chi connectivity index (χ1n) is 9.10. The molecular formula is C22H18N2O4S. The van der Waals surface area contributed by atoms with Gasteiger partial charge in [0.1, 0.15) is 0 Å². The van der Waals surface area contributed by atoms with Gasteiger partial charge in [-0.25, -0.2) is 0 Å². The molecule has 0 aromatic heterocycles. The molecule has 1 aliphatic rings. The first-order chi connectivity index (χ1) is 14.1. The van der Waals surface area contributed by atoms with Crippen LogP contribution in [0, 0.1) is 10.1 Å². The van der Waals surface area contributed by atoms with Crippen molar-refractivity contribution in [3.05, 3.63) is 94.5 Å². The third kappa shape index (κ3) is 3.95. The van der Waals surface area contributed by atoms with E-state index >= 15 is 0 Å². The summed E-state index contributed by atoms with van der Waals surface area (Å²) < 4.78 is 5.57. The lowest BCUT2D eigenvalue weighted by Crippen LogP contribution is -2.41. The van der Waals surface area contributed by atoms with Gasteiger partial charge in [-0.2, -0.15) is 0 Å². The van der Waals surface area contributed by atoms with E-state index < -0.39 is 4.92 Å².